The molecule has 0 saturated carbocycles. The van der Waals surface area contributed by atoms with Crippen LogP contribution in [0, 0.1) is 0 Å². The number of nitrogens with zero attached hydrogens (tertiary/aromatic N) is 1. The van der Waals surface area contributed by atoms with Gasteiger partial charge in [0.1, 0.15) is 0 Å². The summed E-state index contributed by atoms with van der Waals surface area (Å²) in [5, 5.41) is 0. The van der Waals surface area contributed by atoms with Gasteiger partial charge >= 0.3 is 6.18 Å². The number of anilines is 1. The van der Waals surface area contributed by atoms with Gasteiger partial charge in [-0.2, -0.15) is 13.2 Å². The van der Waals surface area contributed by atoms with Crippen LogP contribution in [0.3, 0.4) is 0 Å². The van der Waals surface area contributed by atoms with Crippen LogP contribution in [-0.2, 0) is 6.18 Å². The summed E-state index contributed by atoms with van der Waals surface area (Å²) in [6.45, 7) is 0. The lowest BCUT2D eigenvalue weighted by Crippen LogP contribution is -2.08. The molecule has 0 fully saturated rings. The van der Waals surface area contributed by atoms with Gasteiger partial charge in [0.15, 0.2) is 0 Å². The lowest BCUT2D eigenvalue weighted by atomic mass is 10.1. The molecule has 0 aliphatic heterocycles. The Morgan fingerprint density at radius 1 is 1.06 bits per heavy atom. The molecule has 0 aliphatic rings. The zero-order chi connectivity index (χ0) is 12.5. The fourth-order valence-electron chi connectivity index (χ4n) is 1.55. The zero-order valence-electron chi connectivity index (χ0n) is 8.70. The quantitative estimate of drug-likeness (QED) is 0.774. The molecule has 1 heterocycles. The first-order valence-corrected chi connectivity index (χ1v) is 4.86. The molecule has 0 aliphatic carbocycles. The molecule has 1 aromatic heterocycles. The first-order chi connectivity index (χ1) is 7.98. The van der Waals surface area contributed by atoms with Crippen LogP contribution in [0.1, 0.15) is 5.56 Å². The second kappa shape index (κ2) is 4.08. The molecule has 0 atom stereocenters. The predicted octanol–water partition coefficient (Wildman–Crippen LogP) is 3.35. The maximum absolute atomic E-state index is 12.8. The Balaban J connectivity index is 2.60. The van der Waals surface area contributed by atoms with Crippen LogP contribution < -0.4 is 5.73 Å². The second-order valence-corrected chi connectivity index (χ2v) is 3.52. The van der Waals surface area contributed by atoms with E-state index >= 15 is 0 Å². The van der Waals surface area contributed by atoms with Crippen molar-refractivity contribution in [3.63, 3.8) is 0 Å². The first kappa shape index (κ1) is 11.4. The van der Waals surface area contributed by atoms with Crippen LogP contribution in [0.15, 0.2) is 42.6 Å². The Bertz CT molecular complexity index is 535. The third-order valence-corrected chi connectivity index (χ3v) is 2.27. The van der Waals surface area contributed by atoms with Crippen molar-refractivity contribution in [3.05, 3.63) is 48.2 Å². The van der Waals surface area contributed by atoms with E-state index in [0.717, 1.165) is 6.07 Å². The van der Waals surface area contributed by atoms with Crippen molar-refractivity contribution in [3.8, 4) is 11.3 Å². The predicted molar refractivity (Wildman–Crippen MR) is 59.1 cm³/mol. The third-order valence-electron chi connectivity index (χ3n) is 2.27. The number of nitrogen functional groups attached to an aromatic ring is 1. The largest absolute Gasteiger partial charge is 0.418 e. The zero-order valence-corrected chi connectivity index (χ0v) is 8.70. The average Bonchev–Trinajstić information content (AvgIpc) is 2.28. The highest BCUT2D eigenvalue weighted by atomic mass is 19.4. The van der Waals surface area contributed by atoms with E-state index in [4.69, 9.17) is 5.73 Å². The van der Waals surface area contributed by atoms with Gasteiger partial charge in [-0.15, -0.1) is 0 Å². The Morgan fingerprint density at radius 2 is 1.82 bits per heavy atom. The van der Waals surface area contributed by atoms with Crippen molar-refractivity contribution < 1.29 is 13.2 Å². The van der Waals surface area contributed by atoms with Crippen molar-refractivity contribution in [2.45, 2.75) is 6.18 Å². The van der Waals surface area contributed by atoms with Crippen molar-refractivity contribution in [2.24, 2.45) is 0 Å². The van der Waals surface area contributed by atoms with Gasteiger partial charge in [0.05, 0.1) is 11.3 Å². The average molecular weight is 238 g/mol. The summed E-state index contributed by atoms with van der Waals surface area (Å²) in [7, 11) is 0. The van der Waals surface area contributed by atoms with E-state index in [2.05, 4.69) is 4.98 Å². The number of benzene rings is 1. The standard InChI is InChI=1S/C12H9F3N2/c13-12(14,15)10-5-2-6-17-11(10)8-3-1-4-9(16)7-8/h1-7H,16H2. The van der Waals surface area contributed by atoms with Crippen LogP contribution >= 0.6 is 0 Å². The summed E-state index contributed by atoms with van der Waals surface area (Å²) in [5.74, 6) is 0. The number of hydrogen-bond donors (Lipinski definition) is 1. The minimum absolute atomic E-state index is 0.104. The monoisotopic (exact) mass is 238 g/mol. The van der Waals surface area contributed by atoms with E-state index in [-0.39, 0.29) is 5.69 Å². The lowest BCUT2D eigenvalue weighted by Gasteiger charge is -2.11. The molecule has 0 saturated heterocycles. The van der Waals surface area contributed by atoms with E-state index in [9.17, 15) is 13.2 Å². The molecule has 2 rings (SSSR count). The molecule has 2 N–H and O–H groups in total. The van der Waals surface area contributed by atoms with Gasteiger partial charge < -0.3 is 5.73 Å². The Morgan fingerprint density at radius 3 is 2.47 bits per heavy atom. The minimum atomic E-state index is -4.42. The summed E-state index contributed by atoms with van der Waals surface area (Å²) >= 11 is 0. The molecule has 88 valence electrons. The number of alkyl halides is 3. The fraction of sp³-hybridized carbons (Fsp3) is 0.0833. The molecule has 0 spiro atoms. The molecule has 0 bridgehead atoms. The summed E-state index contributed by atoms with van der Waals surface area (Å²) in [4.78, 5) is 3.78. The highest BCUT2D eigenvalue weighted by Gasteiger charge is 2.34. The number of aromatic nitrogens is 1. The second-order valence-electron chi connectivity index (χ2n) is 3.52. The van der Waals surface area contributed by atoms with Crippen LogP contribution in [0.25, 0.3) is 11.3 Å². The van der Waals surface area contributed by atoms with Crippen LogP contribution in [0.5, 0.6) is 0 Å². The van der Waals surface area contributed by atoms with E-state index in [1.54, 1.807) is 18.2 Å². The number of rotatable bonds is 1. The molecule has 0 unspecified atom stereocenters. The van der Waals surface area contributed by atoms with E-state index in [1.807, 2.05) is 0 Å². The number of hydrogen-bond acceptors (Lipinski definition) is 2. The number of nitrogens with two attached hydrogens (primary N) is 1. The van der Waals surface area contributed by atoms with Gasteiger partial charge in [0, 0.05) is 17.4 Å². The molecule has 0 amide bonds. The third kappa shape index (κ3) is 2.38. The van der Waals surface area contributed by atoms with Crippen molar-refractivity contribution in [2.75, 3.05) is 5.73 Å². The highest BCUT2D eigenvalue weighted by molar-refractivity contribution is 5.67. The van der Waals surface area contributed by atoms with Gasteiger partial charge in [-0.05, 0) is 24.3 Å². The summed E-state index contributed by atoms with van der Waals surface area (Å²) < 4.78 is 38.3. The summed E-state index contributed by atoms with van der Waals surface area (Å²) in [6, 6.07) is 8.49. The molecule has 17 heavy (non-hydrogen) atoms. The van der Waals surface area contributed by atoms with Gasteiger partial charge in [0.25, 0.3) is 0 Å². The van der Waals surface area contributed by atoms with Crippen LogP contribution in [0.4, 0.5) is 18.9 Å². The molecule has 0 radical (unpaired) electrons. The molecular formula is C12H9F3N2. The minimum Gasteiger partial charge on any atom is -0.399 e. The van der Waals surface area contributed by atoms with Gasteiger partial charge in [-0.3, -0.25) is 4.98 Å². The number of pyridine rings is 1. The van der Waals surface area contributed by atoms with E-state index in [0.29, 0.717) is 11.3 Å². The molecule has 2 aromatic rings. The molecule has 5 heteroatoms. The maximum atomic E-state index is 12.8. The van der Waals surface area contributed by atoms with Crippen molar-refractivity contribution >= 4 is 5.69 Å². The van der Waals surface area contributed by atoms with E-state index in [1.165, 1.54) is 18.3 Å². The van der Waals surface area contributed by atoms with Gasteiger partial charge in [-0.1, -0.05) is 12.1 Å². The Hall–Kier alpha value is -2.04. The fourth-order valence-corrected chi connectivity index (χ4v) is 1.55. The normalized spacial score (nSPS) is 11.5. The maximum Gasteiger partial charge on any atom is 0.418 e. The lowest BCUT2D eigenvalue weighted by molar-refractivity contribution is -0.137. The highest BCUT2D eigenvalue weighted by Crippen LogP contribution is 2.35. The summed E-state index contributed by atoms with van der Waals surface area (Å²) in [6.07, 6.45) is -3.10. The topological polar surface area (TPSA) is 38.9 Å². The Labute approximate surface area is 95.9 Å². The Kier molecular flexibility index (Phi) is 2.75. The SMILES string of the molecule is Nc1cccc(-c2ncccc2C(F)(F)F)c1. The smallest absolute Gasteiger partial charge is 0.399 e. The van der Waals surface area contributed by atoms with Crippen LogP contribution in [0.2, 0.25) is 0 Å². The number of halogens is 3. The van der Waals surface area contributed by atoms with Gasteiger partial charge in [-0.25, -0.2) is 0 Å². The molecule has 2 nitrogen and oxygen atoms in total. The first-order valence-electron chi connectivity index (χ1n) is 4.86. The van der Waals surface area contributed by atoms with E-state index < -0.39 is 11.7 Å². The van der Waals surface area contributed by atoms with Crippen molar-refractivity contribution in [1.29, 1.82) is 0 Å². The molecule has 1 aromatic carbocycles. The summed E-state index contributed by atoms with van der Waals surface area (Å²) in [5.41, 5.74) is 5.45. The van der Waals surface area contributed by atoms with Crippen LogP contribution in [-0.4, -0.2) is 4.98 Å². The van der Waals surface area contributed by atoms with Crippen molar-refractivity contribution in [1.82, 2.24) is 4.98 Å². The van der Waals surface area contributed by atoms with Gasteiger partial charge in [0.2, 0.25) is 0 Å². The molecular weight excluding hydrogens is 229 g/mol.